The molecule has 2 rings (SSSR count). The fraction of sp³-hybridized carbons (Fsp3) is 0.615. The molecule has 0 spiro atoms. The molecule has 2 heterocycles. The summed E-state index contributed by atoms with van der Waals surface area (Å²) in [5, 5.41) is 0. The van der Waals surface area contributed by atoms with Crippen molar-refractivity contribution in [3.8, 4) is 0 Å². The highest BCUT2D eigenvalue weighted by Gasteiger charge is 2.52. The molecule has 0 N–H and O–H groups in total. The van der Waals surface area contributed by atoms with E-state index in [1.54, 1.807) is 6.07 Å². The number of aromatic nitrogens is 1. The maximum Gasteiger partial charge on any atom is 0.497 e. The van der Waals surface area contributed by atoms with Crippen molar-refractivity contribution in [3.05, 3.63) is 23.8 Å². The number of pyridine rings is 1. The van der Waals surface area contributed by atoms with Gasteiger partial charge in [-0.15, -0.1) is 0 Å². The summed E-state index contributed by atoms with van der Waals surface area (Å²) < 4.78 is 30.9. The van der Waals surface area contributed by atoms with Crippen molar-refractivity contribution in [2.45, 2.75) is 45.5 Å². The van der Waals surface area contributed by atoms with E-state index in [9.17, 15) is 4.39 Å². The number of hydrogen-bond donors (Lipinski definition) is 0. The van der Waals surface area contributed by atoms with Crippen molar-refractivity contribution in [3.63, 3.8) is 0 Å². The minimum Gasteiger partial charge on any atom is -0.399 e. The molecule has 1 aliphatic rings. The van der Waals surface area contributed by atoms with Crippen LogP contribution in [0.25, 0.3) is 0 Å². The Morgan fingerprint density at radius 2 is 1.84 bits per heavy atom. The second kappa shape index (κ2) is 4.85. The van der Waals surface area contributed by atoms with Gasteiger partial charge in [0.1, 0.15) is 11.5 Å². The van der Waals surface area contributed by atoms with Crippen LogP contribution in [0, 0.1) is 5.82 Å². The Labute approximate surface area is 113 Å². The molecule has 0 atom stereocenters. The number of nitrogens with zero attached hydrogens (tertiary/aromatic N) is 1. The molecule has 4 nitrogen and oxygen atoms in total. The van der Waals surface area contributed by atoms with Gasteiger partial charge in [0.05, 0.1) is 17.8 Å². The molecule has 1 fully saturated rings. The highest BCUT2D eigenvalue weighted by molar-refractivity contribution is 6.62. The Balaban J connectivity index is 2.32. The molecule has 19 heavy (non-hydrogen) atoms. The average Bonchev–Trinajstić information content (AvgIpc) is 2.51. The third-order valence-corrected chi connectivity index (χ3v) is 3.78. The molecular formula is C13H19BFNO3. The molecular weight excluding hydrogens is 248 g/mol. The van der Waals surface area contributed by atoms with E-state index in [4.69, 9.17) is 14.0 Å². The molecule has 0 radical (unpaired) electrons. The van der Waals surface area contributed by atoms with Crippen molar-refractivity contribution >= 4 is 12.6 Å². The Morgan fingerprint density at radius 1 is 1.26 bits per heavy atom. The van der Waals surface area contributed by atoms with Crippen LogP contribution in [0.3, 0.4) is 0 Å². The summed E-state index contributed by atoms with van der Waals surface area (Å²) in [5.41, 5.74) is -0.362. The van der Waals surface area contributed by atoms with Crippen molar-refractivity contribution in [1.82, 2.24) is 4.98 Å². The lowest BCUT2D eigenvalue weighted by Crippen LogP contribution is -2.41. The first-order valence-corrected chi connectivity index (χ1v) is 6.26. The third-order valence-electron chi connectivity index (χ3n) is 3.78. The first kappa shape index (κ1) is 14.4. The van der Waals surface area contributed by atoms with Crippen LogP contribution in [0.2, 0.25) is 0 Å². The Hall–Kier alpha value is -0.975. The van der Waals surface area contributed by atoms with Gasteiger partial charge in [0.25, 0.3) is 0 Å². The molecule has 104 valence electrons. The van der Waals surface area contributed by atoms with E-state index in [0.717, 1.165) is 0 Å². The summed E-state index contributed by atoms with van der Waals surface area (Å²) >= 11 is 0. The normalized spacial score (nSPS) is 20.8. The molecule has 1 aromatic rings. The van der Waals surface area contributed by atoms with Crippen LogP contribution in [-0.2, 0) is 20.7 Å². The van der Waals surface area contributed by atoms with Crippen LogP contribution in [0.1, 0.15) is 33.4 Å². The van der Waals surface area contributed by atoms with Crippen LogP contribution < -0.4 is 5.46 Å². The van der Waals surface area contributed by atoms with Gasteiger partial charge in [0.15, 0.2) is 0 Å². The van der Waals surface area contributed by atoms with E-state index in [1.807, 2.05) is 27.7 Å². The third kappa shape index (κ3) is 2.52. The topological polar surface area (TPSA) is 40.6 Å². The summed E-state index contributed by atoms with van der Waals surface area (Å²) in [6, 6.07) is 1.58. The monoisotopic (exact) mass is 267 g/mol. The second-order valence-corrected chi connectivity index (χ2v) is 5.68. The minimum atomic E-state index is -0.719. The van der Waals surface area contributed by atoms with Crippen LogP contribution >= 0.6 is 0 Å². The van der Waals surface area contributed by atoms with E-state index in [-0.39, 0.29) is 12.3 Å². The first-order chi connectivity index (χ1) is 8.78. The molecule has 0 unspecified atom stereocenters. The summed E-state index contributed by atoms with van der Waals surface area (Å²) in [4.78, 5) is 3.96. The van der Waals surface area contributed by atoms with E-state index in [1.165, 1.54) is 13.3 Å². The van der Waals surface area contributed by atoms with Gasteiger partial charge in [-0.25, -0.2) is 4.39 Å². The first-order valence-electron chi connectivity index (χ1n) is 6.26. The highest BCUT2D eigenvalue weighted by Crippen LogP contribution is 2.36. The lowest BCUT2D eigenvalue weighted by molar-refractivity contribution is 0.00578. The highest BCUT2D eigenvalue weighted by atomic mass is 19.1. The van der Waals surface area contributed by atoms with E-state index in [2.05, 4.69) is 4.98 Å². The van der Waals surface area contributed by atoms with Crippen molar-refractivity contribution in [1.29, 1.82) is 0 Å². The predicted octanol–water partition coefficient (Wildman–Crippen LogP) is 1.67. The number of methoxy groups -OCH3 is 1. The molecule has 0 aliphatic carbocycles. The summed E-state index contributed by atoms with van der Waals surface area (Å²) in [5.74, 6) is -0.428. The van der Waals surface area contributed by atoms with Gasteiger partial charge in [0, 0.05) is 18.8 Å². The maximum atomic E-state index is 14.3. The van der Waals surface area contributed by atoms with Gasteiger partial charge in [-0.05, 0) is 33.8 Å². The molecule has 0 saturated carbocycles. The number of halogens is 1. The molecule has 1 aromatic heterocycles. The van der Waals surface area contributed by atoms with Crippen LogP contribution in [0.4, 0.5) is 4.39 Å². The SMILES string of the molecule is COCc1nccc(B2OC(C)(C)C(C)(C)O2)c1F. The van der Waals surface area contributed by atoms with Gasteiger partial charge in [-0.1, -0.05) is 0 Å². The van der Waals surface area contributed by atoms with Gasteiger partial charge in [0.2, 0.25) is 0 Å². The standard InChI is InChI=1S/C13H19BFNO3/c1-12(2)13(3,4)19-14(18-12)9-6-7-16-10(8-17-5)11(9)15/h6-7H,8H2,1-5H3. The van der Waals surface area contributed by atoms with E-state index in [0.29, 0.717) is 5.46 Å². The molecule has 1 aliphatic heterocycles. The summed E-state index contributed by atoms with van der Waals surface area (Å²) in [6.45, 7) is 7.85. The molecule has 0 amide bonds. The van der Waals surface area contributed by atoms with Crippen molar-refractivity contribution < 1.29 is 18.4 Å². The average molecular weight is 267 g/mol. The number of rotatable bonds is 3. The fourth-order valence-corrected chi connectivity index (χ4v) is 1.89. The lowest BCUT2D eigenvalue weighted by Gasteiger charge is -2.32. The molecule has 0 aromatic carbocycles. The van der Waals surface area contributed by atoms with Crippen LogP contribution in [0.5, 0.6) is 0 Å². The Bertz CT molecular complexity index is 463. The van der Waals surface area contributed by atoms with Crippen LogP contribution in [0.15, 0.2) is 12.3 Å². The van der Waals surface area contributed by atoms with Gasteiger partial charge in [-0.2, -0.15) is 0 Å². The van der Waals surface area contributed by atoms with Gasteiger partial charge < -0.3 is 14.0 Å². The minimum absolute atomic E-state index is 0.124. The van der Waals surface area contributed by atoms with Crippen molar-refractivity contribution in [2.75, 3.05) is 7.11 Å². The zero-order chi connectivity index (χ0) is 14.3. The van der Waals surface area contributed by atoms with E-state index < -0.39 is 24.1 Å². The Morgan fingerprint density at radius 3 is 2.37 bits per heavy atom. The smallest absolute Gasteiger partial charge is 0.399 e. The lowest BCUT2D eigenvalue weighted by atomic mass is 9.79. The van der Waals surface area contributed by atoms with Crippen molar-refractivity contribution in [2.24, 2.45) is 0 Å². The Kier molecular flexibility index (Phi) is 3.68. The quantitative estimate of drug-likeness (QED) is 0.781. The zero-order valence-corrected chi connectivity index (χ0v) is 12.0. The molecule has 1 saturated heterocycles. The van der Waals surface area contributed by atoms with E-state index >= 15 is 0 Å². The van der Waals surface area contributed by atoms with Gasteiger partial charge >= 0.3 is 7.12 Å². The molecule has 0 bridgehead atoms. The zero-order valence-electron chi connectivity index (χ0n) is 12.0. The van der Waals surface area contributed by atoms with Crippen LogP contribution in [-0.4, -0.2) is 30.4 Å². The maximum absolute atomic E-state index is 14.3. The largest absolute Gasteiger partial charge is 0.497 e. The number of ether oxygens (including phenoxy) is 1. The summed E-state index contributed by atoms with van der Waals surface area (Å²) in [7, 11) is 0.784. The fourth-order valence-electron chi connectivity index (χ4n) is 1.89. The second-order valence-electron chi connectivity index (χ2n) is 5.68. The summed E-state index contributed by atoms with van der Waals surface area (Å²) in [6.07, 6.45) is 1.54. The predicted molar refractivity (Wildman–Crippen MR) is 70.6 cm³/mol. The van der Waals surface area contributed by atoms with Gasteiger partial charge in [-0.3, -0.25) is 4.98 Å². The molecule has 6 heteroatoms. The number of hydrogen-bond acceptors (Lipinski definition) is 4.